The van der Waals surface area contributed by atoms with Gasteiger partial charge in [-0.1, -0.05) is 47.8 Å². The summed E-state index contributed by atoms with van der Waals surface area (Å²) in [5.41, 5.74) is 2.69. The minimum absolute atomic E-state index is 0.0301. The number of aliphatic imine (C=N–C) groups is 1. The van der Waals surface area contributed by atoms with Crippen LogP contribution in [0.15, 0.2) is 68.9 Å². The van der Waals surface area contributed by atoms with E-state index in [0.29, 0.717) is 37.2 Å². The molecule has 1 fully saturated rings. The Kier molecular flexibility index (Phi) is 6.79. The maximum Gasteiger partial charge on any atom is 0.267 e. The van der Waals surface area contributed by atoms with Crippen LogP contribution in [0.25, 0.3) is 17.4 Å². The van der Waals surface area contributed by atoms with E-state index in [9.17, 15) is 4.79 Å². The Morgan fingerprint density at radius 3 is 2.59 bits per heavy atom. The maximum absolute atomic E-state index is 13.2. The highest BCUT2D eigenvalue weighted by molar-refractivity contribution is 8.18. The first kappa shape index (κ1) is 22.7. The second-order valence-electron chi connectivity index (χ2n) is 7.60. The predicted octanol–water partition coefficient (Wildman–Crippen LogP) is 7.96. The fourth-order valence-corrected chi connectivity index (χ4v) is 4.71. The summed E-state index contributed by atoms with van der Waals surface area (Å²) in [5, 5.41) is 1.79. The van der Waals surface area contributed by atoms with Crippen molar-refractivity contribution in [2.45, 2.75) is 33.2 Å². The van der Waals surface area contributed by atoms with Gasteiger partial charge in [0.05, 0.1) is 15.6 Å². The Labute approximate surface area is 201 Å². The van der Waals surface area contributed by atoms with Crippen molar-refractivity contribution in [1.82, 2.24) is 4.90 Å². The zero-order valence-corrected chi connectivity index (χ0v) is 20.3. The van der Waals surface area contributed by atoms with E-state index in [2.05, 4.69) is 6.92 Å². The van der Waals surface area contributed by atoms with Crippen LogP contribution in [0.4, 0.5) is 5.69 Å². The van der Waals surface area contributed by atoms with E-state index in [-0.39, 0.29) is 11.9 Å². The Morgan fingerprint density at radius 1 is 1.12 bits per heavy atom. The molecule has 4 nitrogen and oxygen atoms in total. The molecule has 0 spiro atoms. The number of benzene rings is 2. The van der Waals surface area contributed by atoms with Gasteiger partial charge in [-0.25, -0.2) is 4.99 Å². The van der Waals surface area contributed by atoms with Crippen LogP contribution in [0.3, 0.4) is 0 Å². The lowest BCUT2D eigenvalue weighted by Crippen LogP contribution is -2.36. The topological polar surface area (TPSA) is 45.8 Å². The molecule has 0 saturated carbocycles. The summed E-state index contributed by atoms with van der Waals surface area (Å²) in [7, 11) is 0. The summed E-state index contributed by atoms with van der Waals surface area (Å²) >= 11 is 13.8. The summed E-state index contributed by atoms with van der Waals surface area (Å²) in [4.78, 5) is 20.3. The summed E-state index contributed by atoms with van der Waals surface area (Å²) in [5.74, 6) is 1.08. The molecule has 1 aliphatic heterocycles. The lowest BCUT2D eigenvalue weighted by molar-refractivity contribution is -0.123. The molecule has 164 valence electrons. The van der Waals surface area contributed by atoms with Gasteiger partial charge >= 0.3 is 0 Å². The van der Waals surface area contributed by atoms with Crippen LogP contribution in [0.5, 0.6) is 0 Å². The second-order valence-corrected chi connectivity index (χ2v) is 9.45. The van der Waals surface area contributed by atoms with Crippen molar-refractivity contribution in [3.63, 3.8) is 0 Å². The van der Waals surface area contributed by atoms with Crippen LogP contribution < -0.4 is 0 Å². The Hall–Kier alpha value is -2.47. The van der Waals surface area contributed by atoms with E-state index in [1.54, 1.807) is 29.2 Å². The number of furan rings is 1. The fraction of sp³-hybridized carbons (Fsp3) is 0.200. The van der Waals surface area contributed by atoms with Gasteiger partial charge in [-0.05, 0) is 74.5 Å². The van der Waals surface area contributed by atoms with Crippen molar-refractivity contribution in [3.05, 3.63) is 80.9 Å². The summed E-state index contributed by atoms with van der Waals surface area (Å²) in [6.07, 6.45) is 2.58. The number of hydrogen-bond acceptors (Lipinski definition) is 4. The molecule has 1 atom stereocenters. The van der Waals surface area contributed by atoms with Crippen LogP contribution in [0.2, 0.25) is 10.0 Å². The van der Waals surface area contributed by atoms with Gasteiger partial charge in [0.25, 0.3) is 5.91 Å². The van der Waals surface area contributed by atoms with Crippen LogP contribution in [-0.4, -0.2) is 22.0 Å². The number of nitrogens with zero attached hydrogens (tertiary/aromatic N) is 2. The molecule has 1 saturated heterocycles. The molecular weight excluding hydrogens is 463 g/mol. The minimum atomic E-state index is -0.0750. The predicted molar refractivity (Wildman–Crippen MR) is 135 cm³/mol. The molecule has 32 heavy (non-hydrogen) atoms. The number of carbonyl (C=O) groups is 1. The van der Waals surface area contributed by atoms with E-state index >= 15 is 0 Å². The molecule has 0 aliphatic carbocycles. The standard InChI is InChI=1S/C25H22Cl2N2O2S/c1-4-16(3)29-24(30)23(32-25(29)28-18-8-5-15(2)6-9-18)14-19-10-12-22(31-19)20-13-17(26)7-11-21(20)27/h5-14,16H,4H2,1-3H3/b23-14+,28-25?/t16-/m0/s1. The van der Waals surface area contributed by atoms with E-state index < -0.39 is 0 Å². The highest BCUT2D eigenvalue weighted by atomic mass is 35.5. The number of rotatable bonds is 5. The first-order chi connectivity index (χ1) is 15.4. The Morgan fingerprint density at radius 2 is 1.88 bits per heavy atom. The number of thioether (sulfide) groups is 1. The third-order valence-corrected chi connectivity index (χ3v) is 6.77. The van der Waals surface area contributed by atoms with Crippen LogP contribution >= 0.6 is 35.0 Å². The van der Waals surface area contributed by atoms with E-state index in [4.69, 9.17) is 32.6 Å². The maximum atomic E-state index is 13.2. The number of amides is 1. The van der Waals surface area contributed by atoms with Gasteiger partial charge < -0.3 is 4.42 Å². The molecule has 3 aromatic rings. The average Bonchev–Trinajstić information content (AvgIpc) is 3.36. The van der Waals surface area contributed by atoms with Gasteiger partial charge in [-0.15, -0.1) is 0 Å². The number of carbonyl (C=O) groups excluding carboxylic acids is 1. The normalized spacial score (nSPS) is 17.5. The average molecular weight is 485 g/mol. The molecule has 1 aromatic heterocycles. The van der Waals surface area contributed by atoms with Gasteiger partial charge in [0, 0.05) is 22.7 Å². The number of halogens is 2. The molecule has 0 unspecified atom stereocenters. The van der Waals surface area contributed by atoms with Crippen molar-refractivity contribution in [2.75, 3.05) is 0 Å². The zero-order chi connectivity index (χ0) is 22.8. The number of aryl methyl sites for hydroxylation is 1. The molecule has 7 heteroatoms. The fourth-order valence-electron chi connectivity index (χ4n) is 3.26. The summed E-state index contributed by atoms with van der Waals surface area (Å²) in [6.45, 7) is 6.12. The van der Waals surface area contributed by atoms with Gasteiger partial charge in [0.2, 0.25) is 0 Å². The van der Waals surface area contributed by atoms with E-state index in [1.165, 1.54) is 11.8 Å². The van der Waals surface area contributed by atoms with Gasteiger partial charge in [-0.2, -0.15) is 0 Å². The summed E-state index contributed by atoms with van der Waals surface area (Å²) < 4.78 is 5.96. The number of amidine groups is 1. The molecular formula is C25H22Cl2N2O2S. The van der Waals surface area contributed by atoms with Crippen molar-refractivity contribution in [2.24, 2.45) is 4.99 Å². The van der Waals surface area contributed by atoms with Crippen LogP contribution in [0.1, 0.15) is 31.6 Å². The highest BCUT2D eigenvalue weighted by Gasteiger charge is 2.36. The first-order valence-corrected chi connectivity index (χ1v) is 11.9. The lowest BCUT2D eigenvalue weighted by atomic mass is 10.2. The molecule has 2 heterocycles. The highest BCUT2D eigenvalue weighted by Crippen LogP contribution is 2.37. The molecule has 0 radical (unpaired) electrons. The van der Waals surface area contributed by atoms with Crippen molar-refractivity contribution in [3.8, 4) is 11.3 Å². The third-order valence-electron chi connectivity index (χ3n) is 5.22. The summed E-state index contributed by atoms with van der Waals surface area (Å²) in [6, 6.07) is 16.8. The SMILES string of the molecule is CC[C@H](C)N1C(=O)/C(=C\c2ccc(-c3cc(Cl)ccc3Cl)o2)SC1=Nc1ccc(C)cc1. The molecule has 0 bridgehead atoms. The molecule has 1 aliphatic rings. The van der Waals surface area contributed by atoms with Crippen molar-refractivity contribution < 1.29 is 9.21 Å². The van der Waals surface area contributed by atoms with Crippen molar-refractivity contribution >= 4 is 57.8 Å². The lowest BCUT2D eigenvalue weighted by Gasteiger charge is -2.22. The van der Waals surface area contributed by atoms with Gasteiger partial charge in [0.1, 0.15) is 11.5 Å². The second kappa shape index (κ2) is 9.57. The van der Waals surface area contributed by atoms with Crippen molar-refractivity contribution in [1.29, 1.82) is 0 Å². The largest absolute Gasteiger partial charge is 0.457 e. The van der Waals surface area contributed by atoms with Crippen LogP contribution in [0, 0.1) is 6.92 Å². The minimum Gasteiger partial charge on any atom is -0.457 e. The third kappa shape index (κ3) is 4.80. The quantitative estimate of drug-likeness (QED) is 0.345. The zero-order valence-electron chi connectivity index (χ0n) is 17.9. The smallest absolute Gasteiger partial charge is 0.267 e. The van der Waals surface area contributed by atoms with Crippen LogP contribution in [-0.2, 0) is 4.79 Å². The number of hydrogen-bond donors (Lipinski definition) is 0. The monoisotopic (exact) mass is 484 g/mol. The van der Waals surface area contributed by atoms with Gasteiger partial charge in [0.15, 0.2) is 5.17 Å². The molecule has 4 rings (SSSR count). The Bertz CT molecular complexity index is 1210. The molecule has 2 aromatic carbocycles. The van der Waals surface area contributed by atoms with E-state index in [1.807, 2.05) is 50.2 Å². The molecule has 1 amide bonds. The van der Waals surface area contributed by atoms with E-state index in [0.717, 1.165) is 17.7 Å². The van der Waals surface area contributed by atoms with Gasteiger partial charge in [-0.3, -0.25) is 9.69 Å². The first-order valence-electron chi connectivity index (χ1n) is 10.3. The molecule has 0 N–H and O–H groups in total. The Balaban J connectivity index is 1.66.